The lowest BCUT2D eigenvalue weighted by Crippen LogP contribution is -2.35. The van der Waals surface area contributed by atoms with Gasteiger partial charge in [-0.1, -0.05) is 24.3 Å². The second-order valence-corrected chi connectivity index (χ2v) is 7.89. The molecular formula is C23H28N4O. The number of pyridine rings is 1. The van der Waals surface area contributed by atoms with E-state index in [0.717, 1.165) is 26.1 Å². The van der Waals surface area contributed by atoms with Gasteiger partial charge in [0.05, 0.1) is 0 Å². The molecule has 1 fully saturated rings. The fourth-order valence-electron chi connectivity index (χ4n) is 4.42. The number of carbonyl (C=O) groups excluding carboxylic acids is 1. The van der Waals surface area contributed by atoms with Crippen LogP contribution in [-0.4, -0.2) is 33.4 Å². The van der Waals surface area contributed by atoms with E-state index in [9.17, 15) is 4.79 Å². The third-order valence-corrected chi connectivity index (χ3v) is 5.71. The Hall–Kier alpha value is -2.66. The highest BCUT2D eigenvalue weighted by Crippen LogP contribution is 2.26. The molecule has 1 aliphatic heterocycles. The summed E-state index contributed by atoms with van der Waals surface area (Å²) < 4.78 is 2.17. The Morgan fingerprint density at radius 1 is 1.21 bits per heavy atom. The minimum absolute atomic E-state index is 0.256. The van der Waals surface area contributed by atoms with Crippen LogP contribution >= 0.6 is 0 Å². The number of piperidine rings is 1. The maximum Gasteiger partial charge on any atom is 0.219 e. The minimum Gasteiger partial charge on any atom is -0.370 e. The third-order valence-electron chi connectivity index (χ3n) is 5.71. The van der Waals surface area contributed by atoms with Crippen molar-refractivity contribution in [1.29, 1.82) is 0 Å². The molecule has 3 heterocycles. The molecule has 1 amide bonds. The molecule has 2 N–H and O–H groups in total. The van der Waals surface area contributed by atoms with Gasteiger partial charge in [-0.3, -0.25) is 14.7 Å². The first kappa shape index (κ1) is 18.7. The fourth-order valence-corrected chi connectivity index (χ4v) is 4.42. The molecule has 0 bridgehead atoms. The van der Waals surface area contributed by atoms with E-state index in [1.165, 1.54) is 34.9 Å². The number of nitrogens with zero attached hydrogens (tertiary/aromatic N) is 3. The molecule has 0 radical (unpaired) electrons. The van der Waals surface area contributed by atoms with Gasteiger partial charge in [-0.15, -0.1) is 0 Å². The molecule has 0 spiro atoms. The Kier molecular flexibility index (Phi) is 5.72. The van der Waals surface area contributed by atoms with Crippen molar-refractivity contribution >= 4 is 16.8 Å². The highest BCUT2D eigenvalue weighted by molar-refractivity contribution is 5.84. The molecule has 5 heteroatoms. The highest BCUT2D eigenvalue weighted by Gasteiger charge is 2.21. The Morgan fingerprint density at radius 2 is 2.11 bits per heavy atom. The van der Waals surface area contributed by atoms with Gasteiger partial charge in [0.2, 0.25) is 5.91 Å². The van der Waals surface area contributed by atoms with E-state index in [-0.39, 0.29) is 5.91 Å². The fraction of sp³-hybridized carbons (Fsp3) is 0.391. The summed E-state index contributed by atoms with van der Waals surface area (Å²) in [5.74, 6) is 0.426. The van der Waals surface area contributed by atoms with Crippen LogP contribution in [-0.2, 0) is 24.3 Å². The van der Waals surface area contributed by atoms with Gasteiger partial charge in [0.15, 0.2) is 0 Å². The van der Waals surface area contributed by atoms with Gasteiger partial charge in [-0.25, -0.2) is 0 Å². The number of rotatable bonds is 7. The number of fused-ring (bicyclic) bond motifs is 1. The summed E-state index contributed by atoms with van der Waals surface area (Å²) >= 11 is 0. The molecule has 1 aromatic carbocycles. The zero-order valence-electron chi connectivity index (χ0n) is 16.3. The van der Waals surface area contributed by atoms with Crippen LogP contribution in [0.2, 0.25) is 0 Å². The normalized spacial score (nSPS) is 17.8. The molecule has 0 unspecified atom stereocenters. The van der Waals surface area contributed by atoms with E-state index >= 15 is 0 Å². The van der Waals surface area contributed by atoms with Crippen molar-refractivity contribution in [2.75, 3.05) is 13.1 Å². The number of hydrogen-bond acceptors (Lipinski definition) is 3. The molecule has 4 rings (SSSR count). The van der Waals surface area contributed by atoms with Crippen molar-refractivity contribution in [3.05, 3.63) is 66.1 Å². The van der Waals surface area contributed by atoms with E-state index < -0.39 is 0 Å². The summed E-state index contributed by atoms with van der Waals surface area (Å²) in [5, 5.41) is 1.28. The van der Waals surface area contributed by atoms with E-state index in [1.54, 1.807) is 0 Å². The van der Waals surface area contributed by atoms with E-state index in [4.69, 9.17) is 5.73 Å². The summed E-state index contributed by atoms with van der Waals surface area (Å²) in [7, 11) is 0. The summed E-state index contributed by atoms with van der Waals surface area (Å²) in [4.78, 5) is 18.0. The summed E-state index contributed by atoms with van der Waals surface area (Å²) in [6.45, 7) is 3.85. The number of para-hydroxylation sites is 1. The van der Waals surface area contributed by atoms with Crippen LogP contribution in [0.15, 0.2) is 55.0 Å². The number of primary amides is 1. The van der Waals surface area contributed by atoms with Crippen LogP contribution in [0.25, 0.3) is 10.9 Å². The largest absolute Gasteiger partial charge is 0.370 e. The van der Waals surface area contributed by atoms with Crippen LogP contribution in [0.3, 0.4) is 0 Å². The Morgan fingerprint density at radius 3 is 2.93 bits per heavy atom. The first-order chi connectivity index (χ1) is 13.7. The minimum atomic E-state index is -0.256. The zero-order valence-corrected chi connectivity index (χ0v) is 16.3. The maximum absolute atomic E-state index is 11.2. The SMILES string of the molecule is NC(=O)CCn1cc(CN2CCC[C@@H](Cc3cccnc3)C2)c2ccccc21. The van der Waals surface area contributed by atoms with E-state index in [1.807, 2.05) is 18.5 Å². The molecule has 2 aromatic heterocycles. The smallest absolute Gasteiger partial charge is 0.219 e. The third kappa shape index (κ3) is 4.42. The number of aromatic nitrogens is 2. The van der Waals surface area contributed by atoms with E-state index in [0.29, 0.717) is 18.9 Å². The van der Waals surface area contributed by atoms with Crippen molar-refractivity contribution in [3.8, 4) is 0 Å². The van der Waals surface area contributed by atoms with Crippen molar-refractivity contribution in [3.63, 3.8) is 0 Å². The summed E-state index contributed by atoms with van der Waals surface area (Å²) in [6.07, 6.45) is 10.0. The lowest BCUT2D eigenvalue weighted by atomic mass is 9.91. The molecule has 0 aliphatic carbocycles. The molecule has 146 valence electrons. The van der Waals surface area contributed by atoms with Gasteiger partial charge < -0.3 is 10.3 Å². The second kappa shape index (κ2) is 8.57. The number of aryl methyl sites for hydroxylation is 1. The topological polar surface area (TPSA) is 64.2 Å². The average molecular weight is 377 g/mol. The van der Waals surface area contributed by atoms with Crippen molar-refractivity contribution in [1.82, 2.24) is 14.5 Å². The van der Waals surface area contributed by atoms with Gasteiger partial charge in [0, 0.05) is 55.5 Å². The Balaban J connectivity index is 1.47. The Bertz CT molecular complexity index is 934. The number of hydrogen-bond donors (Lipinski definition) is 1. The number of carbonyl (C=O) groups is 1. The molecule has 5 nitrogen and oxygen atoms in total. The number of benzene rings is 1. The zero-order chi connectivity index (χ0) is 19.3. The average Bonchev–Trinajstić information content (AvgIpc) is 3.05. The highest BCUT2D eigenvalue weighted by atomic mass is 16.1. The summed E-state index contributed by atoms with van der Waals surface area (Å²) in [5.41, 5.74) is 9.20. The summed E-state index contributed by atoms with van der Waals surface area (Å²) in [6, 6.07) is 12.7. The van der Waals surface area contributed by atoms with Gasteiger partial charge in [-0.2, -0.15) is 0 Å². The second-order valence-electron chi connectivity index (χ2n) is 7.89. The van der Waals surface area contributed by atoms with Crippen molar-refractivity contribution in [2.24, 2.45) is 11.7 Å². The van der Waals surface area contributed by atoms with Gasteiger partial charge in [-0.05, 0) is 55.0 Å². The van der Waals surface area contributed by atoms with Gasteiger partial charge in [0.1, 0.15) is 0 Å². The monoisotopic (exact) mass is 376 g/mol. The van der Waals surface area contributed by atoms with Crippen LogP contribution in [0, 0.1) is 5.92 Å². The quantitative estimate of drug-likeness (QED) is 0.688. The van der Waals surface area contributed by atoms with Crippen LogP contribution in [0.4, 0.5) is 0 Å². The first-order valence-electron chi connectivity index (χ1n) is 10.2. The number of nitrogens with two attached hydrogens (primary N) is 1. The van der Waals surface area contributed by atoms with Gasteiger partial charge >= 0.3 is 0 Å². The van der Waals surface area contributed by atoms with Crippen LogP contribution < -0.4 is 5.73 Å². The standard InChI is InChI=1S/C23H28N4O/c24-23(28)9-12-27-17-20(21-7-1-2-8-22(21)27)16-26-11-4-6-19(15-26)13-18-5-3-10-25-14-18/h1-3,5,7-8,10,14,17,19H,4,6,9,11-13,15-16H2,(H2,24,28)/t19-/m0/s1. The van der Waals surface area contributed by atoms with E-state index in [2.05, 4.69) is 51.0 Å². The van der Waals surface area contributed by atoms with Crippen molar-refractivity contribution < 1.29 is 4.79 Å². The molecule has 1 saturated heterocycles. The predicted molar refractivity (Wildman–Crippen MR) is 112 cm³/mol. The lowest BCUT2D eigenvalue weighted by molar-refractivity contribution is -0.118. The molecule has 28 heavy (non-hydrogen) atoms. The maximum atomic E-state index is 11.2. The van der Waals surface area contributed by atoms with Crippen molar-refractivity contribution in [2.45, 2.75) is 38.8 Å². The molecule has 3 aromatic rings. The first-order valence-corrected chi connectivity index (χ1v) is 10.2. The Labute approximate surface area is 166 Å². The number of likely N-dealkylation sites (tertiary alicyclic amines) is 1. The van der Waals surface area contributed by atoms with Gasteiger partial charge in [0.25, 0.3) is 0 Å². The predicted octanol–water partition coefficient (Wildman–Crippen LogP) is 3.37. The van der Waals surface area contributed by atoms with Crippen LogP contribution in [0.5, 0.6) is 0 Å². The molecular weight excluding hydrogens is 348 g/mol. The lowest BCUT2D eigenvalue weighted by Gasteiger charge is -2.32. The molecule has 0 saturated carbocycles. The molecule has 1 aliphatic rings. The molecule has 1 atom stereocenters. The number of amides is 1. The van der Waals surface area contributed by atoms with Crippen LogP contribution in [0.1, 0.15) is 30.4 Å².